The summed E-state index contributed by atoms with van der Waals surface area (Å²) >= 11 is 0. The van der Waals surface area contributed by atoms with E-state index in [4.69, 9.17) is 4.74 Å². The molecule has 0 aromatic carbocycles. The molecule has 0 N–H and O–H groups in total. The van der Waals surface area contributed by atoms with Gasteiger partial charge in [-0.25, -0.2) is 9.79 Å². The first-order chi connectivity index (χ1) is 9.33. The monoisotopic (exact) mass is 251 g/mol. The first-order valence-electron chi connectivity index (χ1n) is 5.66. The van der Waals surface area contributed by atoms with Crippen molar-refractivity contribution < 1.29 is 9.53 Å². The lowest BCUT2D eigenvalue weighted by Crippen LogP contribution is -2.05. The van der Waals surface area contributed by atoms with Crippen LogP contribution in [-0.2, 0) is 9.53 Å². The van der Waals surface area contributed by atoms with Gasteiger partial charge in [0.05, 0.1) is 5.56 Å². The molecule has 0 unspecified atom stereocenters. The van der Waals surface area contributed by atoms with Gasteiger partial charge < -0.3 is 4.74 Å². The Balaban J connectivity index is 1.94. The SMILES string of the molecule is O=C1OC(c2cccnc2)=N/C1=C/c1ccncc1. The molecule has 5 heteroatoms. The highest BCUT2D eigenvalue weighted by molar-refractivity contribution is 6.12. The zero-order valence-electron chi connectivity index (χ0n) is 9.85. The van der Waals surface area contributed by atoms with Crippen LogP contribution < -0.4 is 0 Å². The van der Waals surface area contributed by atoms with Crippen LogP contribution in [0.4, 0.5) is 0 Å². The Morgan fingerprint density at radius 2 is 1.89 bits per heavy atom. The Morgan fingerprint density at radius 1 is 1.05 bits per heavy atom. The lowest BCUT2D eigenvalue weighted by atomic mass is 10.2. The predicted octanol–water partition coefficient (Wildman–Crippen LogP) is 1.82. The molecule has 0 fully saturated rings. The van der Waals surface area contributed by atoms with E-state index in [0.717, 1.165) is 5.56 Å². The third kappa shape index (κ3) is 2.40. The van der Waals surface area contributed by atoms with E-state index in [2.05, 4.69) is 15.0 Å². The van der Waals surface area contributed by atoms with Gasteiger partial charge in [0.1, 0.15) is 0 Å². The van der Waals surface area contributed by atoms with E-state index >= 15 is 0 Å². The molecular weight excluding hydrogens is 242 g/mol. The molecule has 0 amide bonds. The summed E-state index contributed by atoms with van der Waals surface area (Å²) in [4.78, 5) is 23.8. The summed E-state index contributed by atoms with van der Waals surface area (Å²) in [6, 6.07) is 7.13. The van der Waals surface area contributed by atoms with Crippen molar-refractivity contribution in [3.63, 3.8) is 0 Å². The van der Waals surface area contributed by atoms with Gasteiger partial charge in [0.25, 0.3) is 0 Å². The summed E-state index contributed by atoms with van der Waals surface area (Å²) in [7, 11) is 0. The van der Waals surface area contributed by atoms with Crippen molar-refractivity contribution in [2.45, 2.75) is 0 Å². The minimum atomic E-state index is -0.462. The quantitative estimate of drug-likeness (QED) is 0.603. The molecule has 3 rings (SSSR count). The maximum Gasteiger partial charge on any atom is 0.363 e. The van der Waals surface area contributed by atoms with Crippen LogP contribution in [0.15, 0.2) is 59.7 Å². The van der Waals surface area contributed by atoms with Crippen molar-refractivity contribution >= 4 is 17.9 Å². The highest BCUT2D eigenvalue weighted by Crippen LogP contribution is 2.18. The number of pyridine rings is 2. The lowest BCUT2D eigenvalue weighted by molar-refractivity contribution is -0.129. The zero-order valence-corrected chi connectivity index (χ0v) is 9.85. The maximum absolute atomic E-state index is 11.7. The third-order valence-corrected chi connectivity index (χ3v) is 2.54. The molecule has 0 spiro atoms. The smallest absolute Gasteiger partial charge is 0.363 e. The van der Waals surface area contributed by atoms with Crippen molar-refractivity contribution in [3.8, 4) is 0 Å². The summed E-state index contributed by atoms with van der Waals surface area (Å²) < 4.78 is 5.12. The van der Waals surface area contributed by atoms with E-state index in [1.807, 2.05) is 0 Å². The van der Waals surface area contributed by atoms with Crippen LogP contribution in [0.5, 0.6) is 0 Å². The Hall–Kier alpha value is -2.82. The Bertz CT molecular complexity index is 664. The summed E-state index contributed by atoms with van der Waals surface area (Å²) in [6.07, 6.45) is 8.21. The van der Waals surface area contributed by atoms with E-state index in [0.29, 0.717) is 5.56 Å². The molecule has 19 heavy (non-hydrogen) atoms. The van der Waals surface area contributed by atoms with Gasteiger partial charge in [0.2, 0.25) is 5.90 Å². The van der Waals surface area contributed by atoms with Gasteiger partial charge in [-0.15, -0.1) is 0 Å². The van der Waals surface area contributed by atoms with E-state index < -0.39 is 5.97 Å². The van der Waals surface area contributed by atoms with Gasteiger partial charge in [0.15, 0.2) is 5.70 Å². The van der Waals surface area contributed by atoms with E-state index in [9.17, 15) is 4.79 Å². The fourth-order valence-electron chi connectivity index (χ4n) is 1.64. The number of aliphatic imine (C=N–C) groups is 1. The van der Waals surface area contributed by atoms with E-state index in [1.54, 1.807) is 55.1 Å². The van der Waals surface area contributed by atoms with E-state index in [-0.39, 0.29) is 11.6 Å². The molecule has 92 valence electrons. The van der Waals surface area contributed by atoms with Gasteiger partial charge in [-0.1, -0.05) is 0 Å². The number of esters is 1. The minimum absolute atomic E-state index is 0.269. The zero-order chi connectivity index (χ0) is 13.1. The summed E-state index contributed by atoms with van der Waals surface area (Å²) in [6.45, 7) is 0. The molecule has 3 heterocycles. The molecule has 0 aliphatic carbocycles. The number of carbonyl (C=O) groups excluding carboxylic acids is 1. The molecule has 5 nitrogen and oxygen atoms in total. The van der Waals surface area contributed by atoms with Crippen LogP contribution in [0.25, 0.3) is 6.08 Å². The average molecular weight is 251 g/mol. The fourth-order valence-corrected chi connectivity index (χ4v) is 1.64. The van der Waals surface area contributed by atoms with Crippen LogP contribution in [-0.4, -0.2) is 21.8 Å². The predicted molar refractivity (Wildman–Crippen MR) is 69.1 cm³/mol. The molecule has 2 aromatic heterocycles. The lowest BCUT2D eigenvalue weighted by Gasteiger charge is -1.96. The second kappa shape index (κ2) is 4.81. The van der Waals surface area contributed by atoms with Crippen LogP contribution in [0.3, 0.4) is 0 Å². The van der Waals surface area contributed by atoms with Crippen LogP contribution >= 0.6 is 0 Å². The fraction of sp³-hybridized carbons (Fsp3) is 0. The molecule has 1 aliphatic heterocycles. The van der Waals surface area contributed by atoms with Crippen LogP contribution in [0.2, 0.25) is 0 Å². The molecule has 0 radical (unpaired) electrons. The van der Waals surface area contributed by atoms with Crippen molar-refractivity contribution in [1.29, 1.82) is 0 Å². The summed E-state index contributed by atoms with van der Waals surface area (Å²) in [5.74, 6) is -0.186. The highest BCUT2D eigenvalue weighted by atomic mass is 16.6. The Kier molecular flexibility index (Phi) is 2.86. The largest absolute Gasteiger partial charge is 0.402 e. The Labute approximate surface area is 109 Å². The number of carbonyl (C=O) groups is 1. The number of hydrogen-bond acceptors (Lipinski definition) is 5. The summed E-state index contributed by atoms with van der Waals surface area (Å²) in [5, 5.41) is 0. The second-order valence-electron chi connectivity index (χ2n) is 3.86. The molecular formula is C14H9N3O2. The van der Waals surface area contributed by atoms with Crippen molar-refractivity contribution in [1.82, 2.24) is 9.97 Å². The standard InChI is InChI=1S/C14H9N3O2/c18-14-12(8-10-3-6-15-7-4-10)17-13(19-14)11-2-1-5-16-9-11/h1-9H/b12-8+. The minimum Gasteiger partial charge on any atom is -0.402 e. The molecule has 0 saturated heterocycles. The highest BCUT2D eigenvalue weighted by Gasteiger charge is 2.23. The van der Waals surface area contributed by atoms with Gasteiger partial charge in [0, 0.05) is 24.8 Å². The number of nitrogens with zero attached hydrogens (tertiary/aromatic N) is 3. The topological polar surface area (TPSA) is 64.4 Å². The second-order valence-corrected chi connectivity index (χ2v) is 3.86. The summed E-state index contributed by atoms with van der Waals surface area (Å²) in [5.41, 5.74) is 1.79. The first-order valence-corrected chi connectivity index (χ1v) is 5.66. The van der Waals surface area contributed by atoms with Crippen molar-refractivity contribution in [3.05, 3.63) is 65.9 Å². The van der Waals surface area contributed by atoms with Crippen LogP contribution in [0, 0.1) is 0 Å². The molecule has 2 aromatic rings. The van der Waals surface area contributed by atoms with E-state index in [1.165, 1.54) is 0 Å². The molecule has 0 saturated carbocycles. The van der Waals surface area contributed by atoms with Gasteiger partial charge >= 0.3 is 5.97 Å². The van der Waals surface area contributed by atoms with Crippen molar-refractivity contribution in [2.75, 3.05) is 0 Å². The normalized spacial score (nSPS) is 16.3. The first kappa shape index (κ1) is 11.3. The maximum atomic E-state index is 11.7. The Morgan fingerprint density at radius 3 is 2.63 bits per heavy atom. The molecule has 0 atom stereocenters. The van der Waals surface area contributed by atoms with Crippen molar-refractivity contribution in [2.24, 2.45) is 4.99 Å². The molecule has 1 aliphatic rings. The van der Waals surface area contributed by atoms with Gasteiger partial charge in [-0.05, 0) is 35.9 Å². The molecule has 0 bridgehead atoms. The number of cyclic esters (lactones) is 1. The van der Waals surface area contributed by atoms with Gasteiger partial charge in [-0.3, -0.25) is 9.97 Å². The number of aromatic nitrogens is 2. The van der Waals surface area contributed by atoms with Crippen LogP contribution in [0.1, 0.15) is 11.1 Å². The number of hydrogen-bond donors (Lipinski definition) is 0. The third-order valence-electron chi connectivity index (χ3n) is 2.54. The number of ether oxygens (including phenoxy) is 1. The number of rotatable bonds is 2. The van der Waals surface area contributed by atoms with Gasteiger partial charge in [-0.2, -0.15) is 0 Å². The average Bonchev–Trinajstić information content (AvgIpc) is 2.82.